The number of aliphatic imine (C=N–C) groups is 1. The van der Waals surface area contributed by atoms with E-state index in [0.29, 0.717) is 5.92 Å². The van der Waals surface area contributed by atoms with Gasteiger partial charge in [-0.1, -0.05) is 105 Å². The summed E-state index contributed by atoms with van der Waals surface area (Å²) < 4.78 is 2.18. The van der Waals surface area contributed by atoms with Crippen LogP contribution in [0, 0.1) is 24.7 Å². The molecule has 212 valence electrons. The van der Waals surface area contributed by atoms with Crippen LogP contribution < -0.4 is 4.57 Å². The third-order valence-corrected chi connectivity index (χ3v) is 6.63. The van der Waals surface area contributed by atoms with Gasteiger partial charge in [-0.15, -0.1) is 5.92 Å². The molecular formula is C39H47N2+. The van der Waals surface area contributed by atoms with Crippen molar-refractivity contribution in [3.63, 3.8) is 0 Å². The average molecular weight is 544 g/mol. The maximum atomic E-state index is 4.36. The molecule has 0 fully saturated rings. The van der Waals surface area contributed by atoms with Crippen LogP contribution in [0.15, 0.2) is 126 Å². The van der Waals surface area contributed by atoms with Crippen molar-refractivity contribution in [1.82, 2.24) is 0 Å². The van der Waals surface area contributed by atoms with Crippen molar-refractivity contribution in [2.75, 3.05) is 0 Å². The molecule has 0 radical (unpaired) electrons. The molecule has 1 unspecified atom stereocenters. The molecule has 0 saturated heterocycles. The summed E-state index contributed by atoms with van der Waals surface area (Å²) >= 11 is 0. The molecule has 1 atom stereocenters. The first-order chi connectivity index (χ1) is 20.0. The van der Waals surface area contributed by atoms with Gasteiger partial charge in [0, 0.05) is 29.6 Å². The molecule has 1 aliphatic carbocycles. The smallest absolute Gasteiger partial charge is 0.213 e. The van der Waals surface area contributed by atoms with E-state index in [4.69, 9.17) is 0 Å². The molecule has 41 heavy (non-hydrogen) atoms. The number of aryl methyl sites for hydroxylation is 2. The highest BCUT2D eigenvalue weighted by Gasteiger charge is 2.15. The summed E-state index contributed by atoms with van der Waals surface area (Å²) in [5.41, 5.74) is 8.63. The van der Waals surface area contributed by atoms with Gasteiger partial charge in [-0.05, 0) is 75.3 Å². The molecule has 3 aromatic rings. The van der Waals surface area contributed by atoms with Crippen LogP contribution in [-0.2, 0) is 7.05 Å². The van der Waals surface area contributed by atoms with Crippen LogP contribution in [0.2, 0.25) is 0 Å². The Balaban J connectivity index is 0.000000247. The van der Waals surface area contributed by atoms with Crippen molar-refractivity contribution < 1.29 is 4.57 Å². The van der Waals surface area contributed by atoms with E-state index in [1.54, 1.807) is 0 Å². The Hall–Kier alpha value is -4.22. The van der Waals surface area contributed by atoms with Gasteiger partial charge < -0.3 is 0 Å². The van der Waals surface area contributed by atoms with Gasteiger partial charge in [0.25, 0.3) is 0 Å². The lowest BCUT2D eigenvalue weighted by Gasteiger charge is -2.15. The van der Waals surface area contributed by atoms with Gasteiger partial charge in [0.05, 0.1) is 5.92 Å². The molecule has 4 rings (SSSR count). The minimum atomic E-state index is 0.314. The van der Waals surface area contributed by atoms with Crippen LogP contribution in [0.25, 0.3) is 22.4 Å². The summed E-state index contributed by atoms with van der Waals surface area (Å²) in [5, 5.41) is 0. The third kappa shape index (κ3) is 11.1. The fourth-order valence-electron chi connectivity index (χ4n) is 4.42. The SMILES string of the molecule is CC#CC1CC=CC=C1C(C)=N/C=C\C.CCC=CCC.Cc1ccccc1-c1cc(-c2ccccc2)cc[n+]1C. The summed E-state index contributed by atoms with van der Waals surface area (Å²) in [6, 6.07) is 23.4. The van der Waals surface area contributed by atoms with Crippen molar-refractivity contribution in [3.8, 4) is 34.2 Å². The fraction of sp³-hybridized carbons (Fsp3) is 0.282. The Morgan fingerprint density at radius 2 is 1.66 bits per heavy atom. The van der Waals surface area contributed by atoms with E-state index in [-0.39, 0.29) is 0 Å². The monoisotopic (exact) mass is 543 g/mol. The van der Waals surface area contributed by atoms with Crippen molar-refractivity contribution in [2.24, 2.45) is 18.0 Å². The van der Waals surface area contributed by atoms with Crippen molar-refractivity contribution in [3.05, 3.63) is 127 Å². The standard InChI is InChI=1S/C19H18N.C14H17N.C6H12/c1-15-8-6-7-11-18(15)19-14-17(12-13-20(19)2)16-9-4-3-5-10-16;1-4-8-13-9-6-7-10-14(13)12(3)15-11-5-2;1-3-5-6-4-2/h3-14H,1-2H3;5-7,10-11,13H,9H2,1-3H3;5-6H,3-4H2,1-2H3/q+1;;/b;11-5-,15-12?;. The number of hydrogen-bond acceptors (Lipinski definition) is 1. The molecule has 0 spiro atoms. The molecule has 1 heterocycles. The van der Waals surface area contributed by atoms with Gasteiger partial charge in [-0.3, -0.25) is 4.99 Å². The number of nitrogens with zero attached hydrogens (tertiary/aromatic N) is 2. The first-order valence-electron chi connectivity index (χ1n) is 14.7. The Morgan fingerprint density at radius 1 is 0.976 bits per heavy atom. The number of hydrogen-bond donors (Lipinski definition) is 0. The van der Waals surface area contributed by atoms with Crippen LogP contribution in [0.3, 0.4) is 0 Å². The minimum Gasteiger partial charge on any atom is -0.262 e. The van der Waals surface area contributed by atoms with Crippen molar-refractivity contribution >= 4 is 5.71 Å². The number of rotatable bonds is 6. The van der Waals surface area contributed by atoms with Gasteiger partial charge >= 0.3 is 0 Å². The van der Waals surface area contributed by atoms with E-state index in [9.17, 15) is 0 Å². The molecule has 1 aliphatic rings. The zero-order chi connectivity index (χ0) is 29.9. The second-order valence-corrected chi connectivity index (χ2v) is 9.81. The Morgan fingerprint density at radius 3 is 2.29 bits per heavy atom. The van der Waals surface area contributed by atoms with Gasteiger partial charge in [-0.25, -0.2) is 4.57 Å². The second-order valence-electron chi connectivity index (χ2n) is 9.81. The summed E-state index contributed by atoms with van der Waals surface area (Å²) in [5.74, 6) is 6.51. The van der Waals surface area contributed by atoms with E-state index in [2.05, 4.69) is 153 Å². The van der Waals surface area contributed by atoms with E-state index in [1.165, 1.54) is 46.4 Å². The van der Waals surface area contributed by atoms with Crippen molar-refractivity contribution in [1.29, 1.82) is 0 Å². The lowest BCUT2D eigenvalue weighted by molar-refractivity contribution is -0.660. The Labute approximate surface area is 249 Å². The maximum absolute atomic E-state index is 4.36. The zero-order valence-corrected chi connectivity index (χ0v) is 26.1. The fourth-order valence-corrected chi connectivity index (χ4v) is 4.42. The van der Waals surface area contributed by atoms with Crippen molar-refractivity contribution in [2.45, 2.75) is 60.8 Å². The molecular weight excluding hydrogens is 496 g/mol. The highest BCUT2D eigenvalue weighted by Crippen LogP contribution is 2.25. The molecule has 2 nitrogen and oxygen atoms in total. The predicted octanol–water partition coefficient (Wildman–Crippen LogP) is 10.0. The zero-order valence-electron chi connectivity index (χ0n) is 26.1. The van der Waals surface area contributed by atoms with Gasteiger partial charge in [0.1, 0.15) is 7.05 Å². The predicted molar refractivity (Wildman–Crippen MR) is 180 cm³/mol. The molecule has 2 heteroatoms. The highest BCUT2D eigenvalue weighted by atomic mass is 14.9. The molecule has 0 amide bonds. The summed E-state index contributed by atoms with van der Waals surface area (Å²) in [6.07, 6.45) is 19.9. The first kappa shape index (κ1) is 33.0. The molecule has 2 aromatic carbocycles. The lowest BCUT2D eigenvalue weighted by atomic mass is 9.89. The van der Waals surface area contributed by atoms with Gasteiger partial charge in [0.15, 0.2) is 6.20 Å². The molecule has 0 bridgehead atoms. The van der Waals surface area contributed by atoms with Crippen LogP contribution >= 0.6 is 0 Å². The quantitative estimate of drug-likeness (QED) is 0.127. The lowest BCUT2D eigenvalue weighted by Crippen LogP contribution is -2.30. The second kappa shape index (κ2) is 19.0. The van der Waals surface area contributed by atoms with Gasteiger partial charge in [-0.2, -0.15) is 0 Å². The van der Waals surface area contributed by atoms with E-state index < -0.39 is 0 Å². The summed E-state index contributed by atoms with van der Waals surface area (Å²) in [7, 11) is 2.09. The van der Waals surface area contributed by atoms with E-state index in [0.717, 1.165) is 12.1 Å². The minimum absolute atomic E-state index is 0.314. The van der Waals surface area contributed by atoms with Gasteiger partial charge in [0.2, 0.25) is 5.69 Å². The van der Waals surface area contributed by atoms with E-state index in [1.807, 2.05) is 33.0 Å². The van der Waals surface area contributed by atoms with E-state index >= 15 is 0 Å². The summed E-state index contributed by atoms with van der Waals surface area (Å²) in [4.78, 5) is 4.36. The molecule has 0 saturated carbocycles. The normalized spacial score (nSPS) is 14.4. The number of benzene rings is 2. The average Bonchev–Trinajstić information content (AvgIpc) is 3.01. The summed E-state index contributed by atoms with van der Waals surface area (Å²) in [6.45, 7) is 12.3. The highest BCUT2D eigenvalue weighted by molar-refractivity contribution is 6.00. The number of aromatic nitrogens is 1. The first-order valence-corrected chi connectivity index (χ1v) is 14.7. The number of pyridine rings is 1. The Kier molecular flexibility index (Phi) is 15.3. The topological polar surface area (TPSA) is 16.2 Å². The number of allylic oxidation sites excluding steroid dienone is 7. The third-order valence-electron chi connectivity index (χ3n) is 6.63. The van der Waals surface area contributed by atoms with Crippen LogP contribution in [-0.4, -0.2) is 5.71 Å². The van der Waals surface area contributed by atoms with Crippen LogP contribution in [0.1, 0.15) is 59.4 Å². The van der Waals surface area contributed by atoms with Crippen LogP contribution in [0.4, 0.5) is 0 Å². The maximum Gasteiger partial charge on any atom is 0.213 e. The molecule has 0 aliphatic heterocycles. The van der Waals surface area contributed by atoms with Crippen LogP contribution in [0.5, 0.6) is 0 Å². The molecule has 1 aromatic heterocycles. The molecule has 0 N–H and O–H groups in total. The Bertz CT molecular complexity index is 1420. The largest absolute Gasteiger partial charge is 0.262 e.